The van der Waals surface area contributed by atoms with Crippen LogP contribution in [0.3, 0.4) is 0 Å². The van der Waals surface area contributed by atoms with Gasteiger partial charge in [0.25, 0.3) is 5.69 Å². The fourth-order valence-corrected chi connectivity index (χ4v) is 1.88. The molecule has 1 heterocycles. The number of non-ortho nitro benzene ring substituents is 1. The van der Waals surface area contributed by atoms with Crippen molar-refractivity contribution in [3.8, 4) is 5.69 Å². The van der Waals surface area contributed by atoms with Crippen molar-refractivity contribution in [3.63, 3.8) is 0 Å². The van der Waals surface area contributed by atoms with Crippen molar-refractivity contribution in [2.45, 2.75) is 19.8 Å². The number of rotatable bonds is 4. The summed E-state index contributed by atoms with van der Waals surface area (Å²) in [5, 5.41) is 13.5. The molecule has 94 valence electrons. The molecule has 1 N–H and O–H groups in total. The van der Waals surface area contributed by atoms with E-state index >= 15 is 0 Å². The number of hydrogen-bond donors (Lipinski definition) is 1. The Labute approximate surface area is 108 Å². The number of nitro groups is 1. The minimum absolute atomic E-state index is 0.0644. The van der Waals surface area contributed by atoms with E-state index in [1.807, 2.05) is 0 Å². The normalized spacial score (nSPS) is 10.5. The number of nitrogens with one attached hydrogen (secondary N) is 1. The molecule has 0 saturated heterocycles. The van der Waals surface area contributed by atoms with E-state index in [4.69, 9.17) is 12.2 Å². The number of hydrogen-bond acceptors (Lipinski definition) is 4. The molecule has 0 aliphatic heterocycles. The van der Waals surface area contributed by atoms with Gasteiger partial charge in [0.05, 0.1) is 10.6 Å². The Balaban J connectivity index is 2.41. The molecule has 0 atom stereocenters. The van der Waals surface area contributed by atoms with E-state index in [9.17, 15) is 10.1 Å². The Morgan fingerprint density at radius 2 is 2.11 bits per heavy atom. The summed E-state index contributed by atoms with van der Waals surface area (Å²) in [6, 6.07) is 6.26. The number of aryl methyl sites for hydroxylation is 1. The van der Waals surface area contributed by atoms with Gasteiger partial charge < -0.3 is 0 Å². The van der Waals surface area contributed by atoms with Crippen LogP contribution in [0.25, 0.3) is 5.69 Å². The lowest BCUT2D eigenvalue weighted by Crippen LogP contribution is -2.03. The molecule has 18 heavy (non-hydrogen) atoms. The molecule has 1 aromatic carbocycles. The predicted molar refractivity (Wildman–Crippen MR) is 69.4 cm³/mol. The van der Waals surface area contributed by atoms with E-state index in [0.29, 0.717) is 4.77 Å². The van der Waals surface area contributed by atoms with Crippen molar-refractivity contribution < 1.29 is 4.92 Å². The average molecular weight is 264 g/mol. The topological polar surface area (TPSA) is 76.8 Å². The monoisotopic (exact) mass is 264 g/mol. The Bertz CT molecular complexity index is 615. The number of H-pyrrole nitrogens is 1. The highest BCUT2D eigenvalue weighted by atomic mass is 32.1. The molecular formula is C11H12N4O2S. The molecule has 2 aromatic rings. The summed E-state index contributed by atoms with van der Waals surface area (Å²) in [7, 11) is 0. The minimum Gasteiger partial charge on any atom is -0.266 e. The molecule has 0 unspecified atom stereocenters. The number of benzene rings is 1. The minimum atomic E-state index is -0.424. The van der Waals surface area contributed by atoms with Gasteiger partial charge in [-0.15, -0.1) is 0 Å². The summed E-state index contributed by atoms with van der Waals surface area (Å²) in [5.74, 6) is 0.830. The zero-order valence-corrected chi connectivity index (χ0v) is 10.6. The first-order chi connectivity index (χ1) is 8.61. The van der Waals surface area contributed by atoms with Crippen LogP contribution in [0.4, 0.5) is 5.69 Å². The summed E-state index contributed by atoms with van der Waals surface area (Å²) in [6.45, 7) is 2.05. The maximum Gasteiger partial charge on any atom is 0.269 e. The van der Waals surface area contributed by atoms with Crippen LogP contribution < -0.4 is 0 Å². The van der Waals surface area contributed by atoms with Crippen LogP contribution in [0.1, 0.15) is 19.2 Å². The van der Waals surface area contributed by atoms with Crippen molar-refractivity contribution in [2.24, 2.45) is 0 Å². The van der Waals surface area contributed by atoms with Crippen molar-refractivity contribution in [2.75, 3.05) is 0 Å². The molecule has 0 amide bonds. The van der Waals surface area contributed by atoms with Crippen LogP contribution >= 0.6 is 12.2 Å². The van der Waals surface area contributed by atoms with Crippen LogP contribution in [0.5, 0.6) is 0 Å². The van der Waals surface area contributed by atoms with E-state index in [1.165, 1.54) is 12.1 Å². The summed E-state index contributed by atoms with van der Waals surface area (Å²) in [5.41, 5.74) is 0.849. The Morgan fingerprint density at radius 3 is 2.67 bits per heavy atom. The third kappa shape index (κ3) is 2.45. The molecule has 0 bridgehead atoms. The zero-order chi connectivity index (χ0) is 13.1. The van der Waals surface area contributed by atoms with E-state index < -0.39 is 4.92 Å². The second-order valence-electron chi connectivity index (χ2n) is 3.80. The first-order valence-corrected chi connectivity index (χ1v) is 5.95. The maximum atomic E-state index is 10.6. The SMILES string of the molecule is CCCc1nc(=S)[nH]n1-c1ccc([N+](=O)[O-])cc1. The quantitative estimate of drug-likeness (QED) is 0.523. The molecule has 0 radical (unpaired) electrons. The molecular weight excluding hydrogens is 252 g/mol. The molecule has 0 fully saturated rings. The van der Waals surface area contributed by atoms with Crippen molar-refractivity contribution in [1.82, 2.24) is 14.8 Å². The summed E-state index contributed by atoms with van der Waals surface area (Å²) in [4.78, 5) is 14.4. The molecule has 0 saturated carbocycles. The number of nitro benzene ring substituents is 1. The van der Waals surface area contributed by atoms with Gasteiger partial charge >= 0.3 is 0 Å². The Hall–Kier alpha value is -2.02. The lowest BCUT2D eigenvalue weighted by molar-refractivity contribution is -0.384. The summed E-state index contributed by atoms with van der Waals surface area (Å²) < 4.78 is 2.17. The van der Waals surface area contributed by atoms with Crippen LogP contribution in [-0.4, -0.2) is 19.7 Å². The van der Waals surface area contributed by atoms with Gasteiger partial charge in [0, 0.05) is 18.6 Å². The van der Waals surface area contributed by atoms with Crippen molar-refractivity contribution >= 4 is 17.9 Å². The lowest BCUT2D eigenvalue weighted by Gasteiger charge is -2.05. The van der Waals surface area contributed by atoms with Crippen LogP contribution in [0, 0.1) is 14.9 Å². The lowest BCUT2D eigenvalue weighted by atomic mass is 10.2. The van der Waals surface area contributed by atoms with Gasteiger partial charge in [-0.25, -0.2) is 9.67 Å². The van der Waals surface area contributed by atoms with Gasteiger partial charge in [0.2, 0.25) is 4.77 Å². The molecule has 2 rings (SSSR count). The van der Waals surface area contributed by atoms with E-state index in [-0.39, 0.29) is 5.69 Å². The summed E-state index contributed by atoms with van der Waals surface area (Å²) in [6.07, 6.45) is 1.75. The van der Waals surface area contributed by atoms with Gasteiger partial charge in [-0.1, -0.05) is 6.92 Å². The van der Waals surface area contributed by atoms with E-state index in [2.05, 4.69) is 17.0 Å². The highest BCUT2D eigenvalue weighted by Gasteiger charge is 2.08. The molecule has 0 aliphatic rings. The largest absolute Gasteiger partial charge is 0.269 e. The van der Waals surface area contributed by atoms with Crippen LogP contribution in [-0.2, 0) is 6.42 Å². The molecule has 0 aliphatic carbocycles. The van der Waals surface area contributed by atoms with Gasteiger partial charge in [-0.3, -0.25) is 15.2 Å². The second kappa shape index (κ2) is 5.09. The fraction of sp³-hybridized carbons (Fsp3) is 0.273. The number of aromatic amines is 1. The zero-order valence-electron chi connectivity index (χ0n) is 9.79. The van der Waals surface area contributed by atoms with E-state index in [1.54, 1.807) is 16.8 Å². The second-order valence-corrected chi connectivity index (χ2v) is 4.19. The van der Waals surface area contributed by atoms with E-state index in [0.717, 1.165) is 24.4 Å². The Morgan fingerprint density at radius 1 is 1.44 bits per heavy atom. The molecule has 7 heteroatoms. The standard InChI is InChI=1S/C11H12N4O2S/c1-2-3-10-12-11(18)13-14(10)8-4-6-9(7-5-8)15(16)17/h4-7H,2-3H2,1H3,(H,13,18). The average Bonchev–Trinajstić information content (AvgIpc) is 2.71. The summed E-state index contributed by atoms with van der Waals surface area (Å²) >= 11 is 5.01. The molecule has 6 nitrogen and oxygen atoms in total. The molecule has 0 spiro atoms. The fourth-order valence-electron chi connectivity index (χ4n) is 1.68. The van der Waals surface area contributed by atoms with Crippen molar-refractivity contribution in [1.29, 1.82) is 0 Å². The van der Waals surface area contributed by atoms with Gasteiger partial charge in [0.1, 0.15) is 5.82 Å². The maximum absolute atomic E-state index is 10.6. The third-order valence-electron chi connectivity index (χ3n) is 2.49. The Kier molecular flexibility index (Phi) is 3.52. The first kappa shape index (κ1) is 12.4. The van der Waals surface area contributed by atoms with Crippen LogP contribution in [0.15, 0.2) is 24.3 Å². The van der Waals surface area contributed by atoms with Crippen molar-refractivity contribution in [3.05, 3.63) is 45.0 Å². The highest BCUT2D eigenvalue weighted by molar-refractivity contribution is 7.71. The first-order valence-electron chi connectivity index (χ1n) is 5.54. The third-order valence-corrected chi connectivity index (χ3v) is 2.67. The highest BCUT2D eigenvalue weighted by Crippen LogP contribution is 2.16. The van der Waals surface area contributed by atoms with Gasteiger partial charge in [0.15, 0.2) is 0 Å². The smallest absolute Gasteiger partial charge is 0.266 e. The number of nitrogens with zero attached hydrogens (tertiary/aromatic N) is 3. The van der Waals surface area contributed by atoms with Gasteiger partial charge in [-0.05, 0) is 30.8 Å². The molecule has 1 aromatic heterocycles. The number of aromatic nitrogens is 3. The van der Waals surface area contributed by atoms with Crippen LogP contribution in [0.2, 0.25) is 0 Å². The van der Waals surface area contributed by atoms with Gasteiger partial charge in [-0.2, -0.15) is 0 Å². The predicted octanol–water partition coefficient (Wildman–Crippen LogP) is 2.79.